The van der Waals surface area contributed by atoms with E-state index in [0.717, 1.165) is 19.5 Å². The van der Waals surface area contributed by atoms with Crippen LogP contribution in [0.5, 0.6) is 0 Å². The van der Waals surface area contributed by atoms with Gasteiger partial charge in [0, 0.05) is 46.3 Å². The molecule has 2 fully saturated rings. The van der Waals surface area contributed by atoms with Gasteiger partial charge >= 0.3 is 0 Å². The van der Waals surface area contributed by atoms with E-state index in [2.05, 4.69) is 4.90 Å². The maximum atomic E-state index is 5.88. The average molecular weight is 244 g/mol. The molecule has 3 unspecified atom stereocenters. The normalized spacial score (nSPS) is 31.1. The second kappa shape index (κ2) is 6.11. The van der Waals surface area contributed by atoms with E-state index < -0.39 is 0 Å². The Morgan fingerprint density at radius 3 is 2.29 bits per heavy atom. The molecule has 100 valence electrons. The van der Waals surface area contributed by atoms with Crippen LogP contribution in [0.1, 0.15) is 19.3 Å². The quantitative estimate of drug-likeness (QED) is 0.676. The Kier molecular flexibility index (Phi) is 4.76. The lowest BCUT2D eigenvalue weighted by molar-refractivity contribution is -0.125. The van der Waals surface area contributed by atoms with Gasteiger partial charge in [-0.2, -0.15) is 0 Å². The van der Waals surface area contributed by atoms with Gasteiger partial charge in [0.05, 0.1) is 12.2 Å². The van der Waals surface area contributed by atoms with E-state index in [1.54, 1.807) is 14.2 Å². The van der Waals surface area contributed by atoms with Gasteiger partial charge < -0.3 is 19.9 Å². The summed E-state index contributed by atoms with van der Waals surface area (Å²) in [4.78, 5) is 2.44. The van der Waals surface area contributed by atoms with Crippen molar-refractivity contribution in [3.8, 4) is 0 Å². The molecule has 0 aromatic rings. The molecule has 0 aliphatic carbocycles. The largest absolute Gasteiger partial charge is 0.372 e. The van der Waals surface area contributed by atoms with Gasteiger partial charge in [0.25, 0.3) is 0 Å². The Bertz CT molecular complexity index is 224. The summed E-state index contributed by atoms with van der Waals surface area (Å²) in [6.45, 7) is 2.64. The number of morpholine rings is 1. The maximum absolute atomic E-state index is 5.88. The first-order valence-corrected chi connectivity index (χ1v) is 6.42. The summed E-state index contributed by atoms with van der Waals surface area (Å²) < 4.78 is 16.3. The van der Waals surface area contributed by atoms with Gasteiger partial charge in [0.15, 0.2) is 6.29 Å². The van der Waals surface area contributed by atoms with E-state index in [1.807, 2.05) is 0 Å². The summed E-state index contributed by atoms with van der Waals surface area (Å²) in [7, 11) is 3.34. The molecule has 0 aromatic heterocycles. The number of rotatable bonds is 6. The van der Waals surface area contributed by atoms with Crippen molar-refractivity contribution in [2.75, 3.05) is 33.9 Å². The molecule has 2 saturated heterocycles. The third-order valence-corrected chi connectivity index (χ3v) is 3.85. The molecule has 5 nitrogen and oxygen atoms in total. The van der Waals surface area contributed by atoms with E-state index in [-0.39, 0.29) is 6.29 Å². The van der Waals surface area contributed by atoms with Gasteiger partial charge in [-0.15, -0.1) is 0 Å². The number of likely N-dealkylation sites (tertiary alicyclic amines) is 1. The van der Waals surface area contributed by atoms with Crippen molar-refractivity contribution in [3.05, 3.63) is 0 Å². The molecule has 0 saturated carbocycles. The van der Waals surface area contributed by atoms with Gasteiger partial charge in [-0.25, -0.2) is 0 Å². The Morgan fingerprint density at radius 1 is 1.24 bits per heavy atom. The second-order valence-corrected chi connectivity index (χ2v) is 4.94. The van der Waals surface area contributed by atoms with Crippen LogP contribution in [0.2, 0.25) is 0 Å². The second-order valence-electron chi connectivity index (χ2n) is 4.94. The fourth-order valence-electron chi connectivity index (χ4n) is 2.85. The molecule has 2 aliphatic heterocycles. The maximum Gasteiger partial charge on any atom is 0.158 e. The molecular weight excluding hydrogens is 220 g/mol. The molecule has 2 bridgehead atoms. The zero-order chi connectivity index (χ0) is 12.3. The summed E-state index contributed by atoms with van der Waals surface area (Å²) in [5, 5.41) is 0. The summed E-state index contributed by atoms with van der Waals surface area (Å²) in [5.41, 5.74) is 5.88. The first-order valence-electron chi connectivity index (χ1n) is 6.42. The highest BCUT2D eigenvalue weighted by Crippen LogP contribution is 2.28. The van der Waals surface area contributed by atoms with Crippen molar-refractivity contribution in [3.63, 3.8) is 0 Å². The zero-order valence-electron chi connectivity index (χ0n) is 10.8. The summed E-state index contributed by atoms with van der Waals surface area (Å²) in [5.74, 6) is 0. The first kappa shape index (κ1) is 13.2. The third kappa shape index (κ3) is 3.17. The van der Waals surface area contributed by atoms with Gasteiger partial charge in [0.2, 0.25) is 0 Å². The number of ether oxygens (including phenoxy) is 3. The van der Waals surface area contributed by atoms with Crippen molar-refractivity contribution >= 4 is 0 Å². The van der Waals surface area contributed by atoms with Crippen LogP contribution in [-0.2, 0) is 14.2 Å². The zero-order valence-corrected chi connectivity index (χ0v) is 10.8. The van der Waals surface area contributed by atoms with Crippen molar-refractivity contribution in [2.24, 2.45) is 5.73 Å². The Balaban J connectivity index is 1.89. The van der Waals surface area contributed by atoms with Crippen LogP contribution in [0.15, 0.2) is 0 Å². The van der Waals surface area contributed by atoms with E-state index in [9.17, 15) is 0 Å². The van der Waals surface area contributed by atoms with Crippen molar-refractivity contribution in [1.82, 2.24) is 4.90 Å². The highest BCUT2D eigenvalue weighted by molar-refractivity contribution is 4.88. The van der Waals surface area contributed by atoms with E-state index >= 15 is 0 Å². The molecule has 0 spiro atoms. The fourth-order valence-corrected chi connectivity index (χ4v) is 2.85. The van der Waals surface area contributed by atoms with Crippen molar-refractivity contribution < 1.29 is 14.2 Å². The minimum Gasteiger partial charge on any atom is -0.372 e. The number of hydrogen-bond donors (Lipinski definition) is 1. The minimum atomic E-state index is -0.163. The lowest BCUT2D eigenvalue weighted by Gasteiger charge is -2.38. The molecule has 2 aliphatic rings. The topological polar surface area (TPSA) is 57.0 Å². The number of methoxy groups -OCH3 is 2. The smallest absolute Gasteiger partial charge is 0.158 e. The average Bonchev–Trinajstić information content (AvgIpc) is 2.70. The fraction of sp³-hybridized carbons (Fsp3) is 1.00. The van der Waals surface area contributed by atoms with Gasteiger partial charge in [-0.3, -0.25) is 4.90 Å². The predicted molar refractivity (Wildman–Crippen MR) is 64.7 cm³/mol. The lowest BCUT2D eigenvalue weighted by Crippen LogP contribution is -2.51. The SMILES string of the molecule is COC(CC(CN)N1CC2CCC(C1)O2)OC. The van der Waals surface area contributed by atoms with Crippen LogP contribution in [-0.4, -0.2) is 63.3 Å². The van der Waals surface area contributed by atoms with Crippen molar-refractivity contribution in [1.29, 1.82) is 0 Å². The first-order chi connectivity index (χ1) is 8.26. The minimum absolute atomic E-state index is 0.163. The number of nitrogens with zero attached hydrogens (tertiary/aromatic N) is 1. The standard InChI is InChI=1S/C12H24N2O3/c1-15-12(16-2)5-9(6-13)14-7-10-3-4-11(8-14)17-10/h9-12H,3-8,13H2,1-2H3. The third-order valence-electron chi connectivity index (χ3n) is 3.85. The Hall–Kier alpha value is -0.200. The van der Waals surface area contributed by atoms with Crippen LogP contribution >= 0.6 is 0 Å². The molecule has 5 heteroatoms. The number of hydrogen-bond acceptors (Lipinski definition) is 5. The Morgan fingerprint density at radius 2 is 1.82 bits per heavy atom. The van der Waals surface area contributed by atoms with E-state index in [1.165, 1.54) is 12.8 Å². The molecule has 2 N–H and O–H groups in total. The van der Waals surface area contributed by atoms with E-state index in [0.29, 0.717) is 24.8 Å². The summed E-state index contributed by atoms with van der Waals surface area (Å²) >= 11 is 0. The van der Waals surface area contributed by atoms with Crippen LogP contribution in [0.3, 0.4) is 0 Å². The predicted octanol–water partition coefficient (Wildman–Crippen LogP) is 0.186. The molecule has 3 atom stereocenters. The van der Waals surface area contributed by atoms with Gasteiger partial charge in [-0.1, -0.05) is 0 Å². The lowest BCUT2D eigenvalue weighted by atomic mass is 10.1. The monoisotopic (exact) mass is 244 g/mol. The van der Waals surface area contributed by atoms with Crippen LogP contribution < -0.4 is 5.73 Å². The van der Waals surface area contributed by atoms with Gasteiger partial charge in [-0.05, 0) is 12.8 Å². The number of nitrogens with two attached hydrogens (primary N) is 1. The van der Waals surface area contributed by atoms with Crippen LogP contribution in [0, 0.1) is 0 Å². The van der Waals surface area contributed by atoms with Crippen LogP contribution in [0.4, 0.5) is 0 Å². The Labute approximate surface area is 103 Å². The summed E-state index contributed by atoms with van der Waals surface area (Å²) in [6, 6.07) is 0.326. The molecule has 0 amide bonds. The molecule has 0 radical (unpaired) electrons. The van der Waals surface area contributed by atoms with Crippen LogP contribution in [0.25, 0.3) is 0 Å². The number of fused-ring (bicyclic) bond motifs is 2. The molecular formula is C12H24N2O3. The molecule has 17 heavy (non-hydrogen) atoms. The highest BCUT2D eigenvalue weighted by atomic mass is 16.7. The molecule has 2 heterocycles. The van der Waals surface area contributed by atoms with Gasteiger partial charge in [0.1, 0.15) is 0 Å². The van der Waals surface area contributed by atoms with E-state index in [4.69, 9.17) is 19.9 Å². The molecule has 2 rings (SSSR count). The summed E-state index contributed by atoms with van der Waals surface area (Å²) in [6.07, 6.45) is 3.86. The van der Waals surface area contributed by atoms with Crippen molar-refractivity contribution in [2.45, 2.75) is 43.8 Å². The molecule has 0 aromatic carbocycles. The highest BCUT2D eigenvalue weighted by Gasteiger charge is 2.36.